The largest absolute Gasteiger partial charge is 0.369 e. The first-order chi connectivity index (χ1) is 11.4. The van der Waals surface area contributed by atoms with Gasteiger partial charge in [0.05, 0.1) is 5.92 Å². The average molecular weight is 349 g/mol. The quantitative estimate of drug-likeness (QED) is 0.666. The SMILES string of the molecule is C/C=C1/C2=C(S)CCC(N(C)C)C=C2NC2C(C(N)=O)CCCN12. The highest BCUT2D eigenvalue weighted by Crippen LogP contribution is 2.40. The average Bonchev–Trinajstić information content (AvgIpc) is 2.71. The molecule has 5 nitrogen and oxygen atoms in total. The summed E-state index contributed by atoms with van der Waals surface area (Å²) < 4.78 is 0. The molecule has 3 rings (SSSR count). The van der Waals surface area contributed by atoms with Crippen LogP contribution in [-0.4, -0.2) is 48.6 Å². The molecule has 0 saturated carbocycles. The number of hydrogen-bond acceptors (Lipinski definition) is 5. The highest BCUT2D eigenvalue weighted by molar-refractivity contribution is 7.84. The van der Waals surface area contributed by atoms with E-state index in [-0.39, 0.29) is 18.0 Å². The third-order valence-corrected chi connectivity index (χ3v) is 5.84. The van der Waals surface area contributed by atoms with Crippen LogP contribution in [0.2, 0.25) is 0 Å². The fourth-order valence-corrected chi connectivity index (χ4v) is 4.46. The Morgan fingerprint density at radius 2 is 2.21 bits per heavy atom. The Bertz CT molecular complexity index is 623. The lowest BCUT2D eigenvalue weighted by Gasteiger charge is -2.48. The van der Waals surface area contributed by atoms with Crippen LogP contribution in [0.25, 0.3) is 0 Å². The van der Waals surface area contributed by atoms with Crippen molar-refractivity contribution in [3.05, 3.63) is 34.0 Å². The fourth-order valence-electron chi connectivity index (χ4n) is 4.09. The molecule has 2 fully saturated rings. The van der Waals surface area contributed by atoms with Crippen molar-refractivity contribution in [2.75, 3.05) is 20.6 Å². The van der Waals surface area contributed by atoms with E-state index in [1.165, 1.54) is 11.3 Å². The van der Waals surface area contributed by atoms with E-state index < -0.39 is 0 Å². The van der Waals surface area contributed by atoms with Gasteiger partial charge in [0.1, 0.15) is 6.17 Å². The molecule has 2 heterocycles. The zero-order valence-corrected chi connectivity index (χ0v) is 15.6. The molecular formula is C18H28N4OS. The summed E-state index contributed by atoms with van der Waals surface area (Å²) in [6.45, 7) is 3.00. The van der Waals surface area contributed by atoms with Crippen LogP contribution in [0.5, 0.6) is 0 Å². The van der Waals surface area contributed by atoms with Crippen LogP contribution in [0.3, 0.4) is 0 Å². The summed E-state index contributed by atoms with van der Waals surface area (Å²) in [5.74, 6) is -0.384. The molecule has 0 aromatic carbocycles. The number of thiol groups is 1. The molecular weight excluding hydrogens is 320 g/mol. The summed E-state index contributed by atoms with van der Waals surface area (Å²) in [5.41, 5.74) is 9.15. The first-order valence-corrected chi connectivity index (χ1v) is 9.18. The number of carbonyl (C=O) groups excluding carboxylic acids is 1. The minimum atomic E-state index is -0.218. The minimum absolute atomic E-state index is 0.0560. The number of nitrogens with one attached hydrogen (secondary N) is 1. The number of amides is 1. The van der Waals surface area contributed by atoms with Gasteiger partial charge in [-0.25, -0.2) is 0 Å². The molecule has 3 unspecified atom stereocenters. The number of hydrogen-bond donors (Lipinski definition) is 3. The van der Waals surface area contributed by atoms with Crippen molar-refractivity contribution in [1.82, 2.24) is 15.1 Å². The van der Waals surface area contributed by atoms with Gasteiger partial charge in [-0.1, -0.05) is 6.08 Å². The predicted molar refractivity (Wildman–Crippen MR) is 100 cm³/mol. The van der Waals surface area contributed by atoms with Crippen LogP contribution < -0.4 is 11.1 Å². The van der Waals surface area contributed by atoms with Gasteiger partial charge in [0.15, 0.2) is 0 Å². The van der Waals surface area contributed by atoms with E-state index in [9.17, 15) is 4.79 Å². The van der Waals surface area contributed by atoms with Crippen LogP contribution >= 0.6 is 12.6 Å². The second-order valence-electron chi connectivity index (χ2n) is 7.08. The van der Waals surface area contributed by atoms with E-state index in [2.05, 4.69) is 48.3 Å². The number of likely N-dealkylation sites (N-methyl/N-ethyl adjacent to an activating group) is 1. The molecule has 1 amide bonds. The summed E-state index contributed by atoms with van der Waals surface area (Å²) in [7, 11) is 4.20. The lowest BCUT2D eigenvalue weighted by atomic mass is 9.88. The Hall–Kier alpha value is -1.40. The summed E-state index contributed by atoms with van der Waals surface area (Å²) in [4.78, 5) is 17.6. The number of rotatable bonds is 2. The molecule has 6 heteroatoms. The number of nitrogens with two attached hydrogens (primary N) is 1. The Labute approximate surface area is 150 Å². The first kappa shape index (κ1) is 17.4. The van der Waals surface area contributed by atoms with Crippen LogP contribution in [0.1, 0.15) is 32.6 Å². The molecule has 0 radical (unpaired) electrons. The summed E-state index contributed by atoms with van der Waals surface area (Å²) >= 11 is 4.82. The van der Waals surface area contributed by atoms with Gasteiger partial charge in [0, 0.05) is 29.6 Å². The summed E-state index contributed by atoms with van der Waals surface area (Å²) in [5, 5.41) is 3.62. The van der Waals surface area contributed by atoms with Crippen LogP contribution in [0.4, 0.5) is 0 Å². The molecule has 0 aromatic heterocycles. The van der Waals surface area contributed by atoms with Gasteiger partial charge >= 0.3 is 0 Å². The molecule has 3 atom stereocenters. The van der Waals surface area contributed by atoms with Crippen LogP contribution in [0.15, 0.2) is 34.0 Å². The van der Waals surface area contributed by atoms with Crippen molar-refractivity contribution >= 4 is 18.5 Å². The molecule has 3 aliphatic rings. The van der Waals surface area contributed by atoms with E-state index in [0.717, 1.165) is 42.8 Å². The van der Waals surface area contributed by atoms with Gasteiger partial charge in [0.25, 0.3) is 0 Å². The van der Waals surface area contributed by atoms with Crippen LogP contribution in [-0.2, 0) is 4.79 Å². The van der Waals surface area contributed by atoms with E-state index in [0.29, 0.717) is 6.04 Å². The third-order valence-electron chi connectivity index (χ3n) is 5.40. The molecule has 1 aliphatic carbocycles. The topological polar surface area (TPSA) is 61.6 Å². The summed E-state index contributed by atoms with van der Waals surface area (Å²) in [6.07, 6.45) is 8.20. The lowest BCUT2D eigenvalue weighted by Crippen LogP contribution is -2.59. The Morgan fingerprint density at radius 3 is 2.83 bits per heavy atom. The molecule has 0 aromatic rings. The highest BCUT2D eigenvalue weighted by atomic mass is 32.1. The zero-order valence-electron chi connectivity index (χ0n) is 14.7. The van der Waals surface area contributed by atoms with E-state index in [4.69, 9.17) is 18.4 Å². The molecule has 0 spiro atoms. The maximum atomic E-state index is 12.0. The van der Waals surface area contributed by atoms with Crippen molar-refractivity contribution in [1.29, 1.82) is 0 Å². The van der Waals surface area contributed by atoms with Gasteiger partial charge in [-0.2, -0.15) is 0 Å². The molecule has 132 valence electrons. The maximum absolute atomic E-state index is 12.0. The van der Waals surface area contributed by atoms with Crippen molar-refractivity contribution < 1.29 is 4.79 Å². The van der Waals surface area contributed by atoms with Crippen molar-refractivity contribution in [3.8, 4) is 0 Å². The smallest absolute Gasteiger partial charge is 0.224 e. The Morgan fingerprint density at radius 1 is 1.46 bits per heavy atom. The van der Waals surface area contributed by atoms with E-state index in [1.54, 1.807) is 0 Å². The number of nitrogens with zero attached hydrogens (tertiary/aromatic N) is 2. The highest BCUT2D eigenvalue weighted by Gasteiger charge is 2.41. The Balaban J connectivity index is 2.06. The molecule has 2 saturated heterocycles. The fraction of sp³-hybridized carbons (Fsp3) is 0.611. The number of fused-ring (bicyclic) bond motifs is 2. The van der Waals surface area contributed by atoms with Gasteiger partial charge in [-0.15, -0.1) is 12.6 Å². The van der Waals surface area contributed by atoms with Crippen molar-refractivity contribution in [3.63, 3.8) is 0 Å². The number of piperidine rings is 1. The predicted octanol–water partition coefficient (Wildman–Crippen LogP) is 1.81. The number of primary amides is 1. The molecule has 0 bridgehead atoms. The molecule has 24 heavy (non-hydrogen) atoms. The maximum Gasteiger partial charge on any atom is 0.224 e. The molecule has 3 N–H and O–H groups in total. The third kappa shape index (κ3) is 2.97. The zero-order chi connectivity index (χ0) is 17.4. The molecule has 2 aliphatic heterocycles. The van der Waals surface area contributed by atoms with E-state index >= 15 is 0 Å². The van der Waals surface area contributed by atoms with Crippen molar-refractivity contribution in [2.24, 2.45) is 11.7 Å². The number of allylic oxidation sites excluding steroid dienone is 2. The normalized spacial score (nSPS) is 32.0. The van der Waals surface area contributed by atoms with Crippen LogP contribution in [0, 0.1) is 5.92 Å². The monoisotopic (exact) mass is 348 g/mol. The van der Waals surface area contributed by atoms with Gasteiger partial charge in [0.2, 0.25) is 5.91 Å². The van der Waals surface area contributed by atoms with Gasteiger partial charge in [-0.05, 0) is 57.7 Å². The van der Waals surface area contributed by atoms with Crippen molar-refractivity contribution in [2.45, 2.75) is 44.8 Å². The van der Waals surface area contributed by atoms with Gasteiger partial charge < -0.3 is 20.9 Å². The second-order valence-corrected chi connectivity index (χ2v) is 7.62. The summed E-state index contributed by atoms with van der Waals surface area (Å²) in [6, 6.07) is 0.354. The first-order valence-electron chi connectivity index (χ1n) is 8.74. The standard InChI is InChI=1S/C18H28N4OS/c1-4-14-16-13(10-11(21(2)3)7-8-15(16)24)20-18-12(17(19)23)6-5-9-22(14)18/h4,10-12,18,20,24H,5-9H2,1-3H3,(H2,19,23)/b14-4-. The van der Waals surface area contributed by atoms with Gasteiger partial charge in [-0.3, -0.25) is 4.79 Å². The van der Waals surface area contributed by atoms with E-state index in [1.807, 2.05) is 0 Å². The second kappa shape index (κ2) is 6.84. The minimum Gasteiger partial charge on any atom is -0.369 e. The number of carbonyl (C=O) groups is 1. The Kier molecular flexibility index (Phi) is 4.97. The lowest BCUT2D eigenvalue weighted by molar-refractivity contribution is -0.125.